The van der Waals surface area contributed by atoms with Crippen LogP contribution < -0.4 is 9.47 Å². The molecule has 8 heteroatoms. The van der Waals surface area contributed by atoms with Gasteiger partial charge in [0.1, 0.15) is 11.2 Å². The van der Waals surface area contributed by atoms with E-state index in [2.05, 4.69) is 32.9 Å². The van der Waals surface area contributed by atoms with Gasteiger partial charge in [-0.15, -0.1) is 0 Å². The van der Waals surface area contributed by atoms with Gasteiger partial charge >= 0.3 is 12.1 Å². The lowest BCUT2D eigenvalue weighted by atomic mass is 9.63. The molecule has 1 amide bonds. The van der Waals surface area contributed by atoms with Crippen LogP contribution in [0.1, 0.15) is 105 Å². The molecular weight excluding hydrogens is 522 g/mol. The predicted octanol–water partition coefficient (Wildman–Crippen LogP) is 7.31. The second-order valence-electron chi connectivity index (χ2n) is 13.6. The van der Waals surface area contributed by atoms with Gasteiger partial charge in [0.05, 0.1) is 19.3 Å². The molecule has 0 radical (unpaired) electrons. The Morgan fingerprint density at radius 2 is 1.90 bits per heavy atom. The third-order valence-electron chi connectivity index (χ3n) is 8.73. The van der Waals surface area contributed by atoms with Crippen molar-refractivity contribution in [2.75, 3.05) is 26.3 Å². The summed E-state index contributed by atoms with van der Waals surface area (Å²) in [5.74, 6) is 0.821. The van der Waals surface area contributed by atoms with Gasteiger partial charge in [0, 0.05) is 31.0 Å². The van der Waals surface area contributed by atoms with Crippen molar-refractivity contribution in [3.63, 3.8) is 0 Å². The van der Waals surface area contributed by atoms with Crippen molar-refractivity contribution in [3.05, 3.63) is 35.4 Å². The Labute approximate surface area is 245 Å². The van der Waals surface area contributed by atoms with Crippen molar-refractivity contribution >= 4 is 12.1 Å². The predicted molar refractivity (Wildman–Crippen MR) is 157 cm³/mol. The first-order valence-corrected chi connectivity index (χ1v) is 15.2. The first-order chi connectivity index (χ1) is 19.3. The molecule has 1 N–H and O–H groups in total. The molecule has 4 rings (SSSR count). The van der Waals surface area contributed by atoms with Crippen LogP contribution in [0.3, 0.4) is 0 Å². The number of benzene rings is 1. The molecule has 0 bridgehead atoms. The van der Waals surface area contributed by atoms with Crippen LogP contribution in [0, 0.1) is 11.3 Å². The van der Waals surface area contributed by atoms with E-state index in [1.165, 1.54) is 5.57 Å². The van der Waals surface area contributed by atoms with Crippen LogP contribution in [-0.4, -0.2) is 59.6 Å². The van der Waals surface area contributed by atoms with Crippen molar-refractivity contribution in [2.24, 2.45) is 11.3 Å². The summed E-state index contributed by atoms with van der Waals surface area (Å²) in [4.78, 5) is 25.4. The fourth-order valence-corrected chi connectivity index (χ4v) is 6.43. The van der Waals surface area contributed by atoms with E-state index in [0.29, 0.717) is 44.9 Å². The summed E-state index contributed by atoms with van der Waals surface area (Å²) in [6.45, 7) is 14.6. The van der Waals surface area contributed by atoms with E-state index in [1.807, 2.05) is 37.8 Å². The number of para-hydroxylation sites is 1. The molecule has 0 saturated carbocycles. The molecule has 3 aliphatic rings. The molecule has 228 valence electrons. The number of rotatable bonds is 9. The zero-order valence-corrected chi connectivity index (χ0v) is 25.8. The highest BCUT2D eigenvalue weighted by Crippen LogP contribution is 2.58. The van der Waals surface area contributed by atoms with Gasteiger partial charge in [-0.05, 0) is 98.0 Å². The molecule has 0 unspecified atom stereocenters. The van der Waals surface area contributed by atoms with Gasteiger partial charge in [-0.3, -0.25) is 4.79 Å². The summed E-state index contributed by atoms with van der Waals surface area (Å²) in [6.07, 6.45) is 7.82. The molecule has 8 nitrogen and oxygen atoms in total. The second-order valence-corrected chi connectivity index (χ2v) is 13.6. The molecule has 2 saturated heterocycles. The number of aliphatic carboxylic acids is 1. The van der Waals surface area contributed by atoms with Crippen LogP contribution in [0.4, 0.5) is 4.79 Å². The van der Waals surface area contributed by atoms with Crippen molar-refractivity contribution in [1.82, 2.24) is 4.90 Å². The Balaban J connectivity index is 1.52. The summed E-state index contributed by atoms with van der Waals surface area (Å²) < 4.78 is 25.5. The Kier molecular flexibility index (Phi) is 9.62. The number of likely N-dealkylation sites (tertiary alicyclic amines) is 1. The Morgan fingerprint density at radius 1 is 1.17 bits per heavy atom. The highest BCUT2D eigenvalue weighted by Gasteiger charge is 2.55. The van der Waals surface area contributed by atoms with Crippen LogP contribution in [0.2, 0.25) is 0 Å². The summed E-state index contributed by atoms with van der Waals surface area (Å²) in [6, 6.07) is 6.01. The molecule has 1 spiro atoms. The standard InChI is InChI=1S/C33H49NO7/c1-23(2)11-10-15-32(6)25-21-33(16-18-34(19-17-33)30(37)41-31(3,4)5)22-39-28(25)24-12-9-13-26(29(24)40-32)38-20-8-7-14-27(35)36/h9,11-13,25,28H,7-8,10,14-22H2,1-6H3,(H,35,36)/t25-,28+,32-/m0/s1. The Hall–Kier alpha value is -2.74. The monoisotopic (exact) mass is 571 g/mol. The number of ether oxygens (including phenoxy) is 4. The largest absolute Gasteiger partial charge is 0.490 e. The molecule has 3 atom stereocenters. The van der Waals surface area contributed by atoms with E-state index >= 15 is 0 Å². The first-order valence-electron chi connectivity index (χ1n) is 15.2. The number of carbonyl (C=O) groups is 2. The van der Waals surface area contributed by atoms with Crippen LogP contribution in [-0.2, 0) is 14.3 Å². The number of piperidine rings is 1. The van der Waals surface area contributed by atoms with Gasteiger partial charge < -0.3 is 29.0 Å². The first kappa shape index (κ1) is 31.2. The van der Waals surface area contributed by atoms with Gasteiger partial charge in [-0.25, -0.2) is 4.79 Å². The van der Waals surface area contributed by atoms with Crippen LogP contribution in [0.5, 0.6) is 11.5 Å². The van der Waals surface area contributed by atoms with Gasteiger partial charge in [0.2, 0.25) is 0 Å². The zero-order valence-electron chi connectivity index (χ0n) is 25.8. The summed E-state index contributed by atoms with van der Waals surface area (Å²) >= 11 is 0. The quantitative estimate of drug-likeness (QED) is 0.245. The van der Waals surface area contributed by atoms with Crippen LogP contribution in [0.25, 0.3) is 0 Å². The normalized spacial score (nSPS) is 25.0. The number of nitrogens with zero attached hydrogens (tertiary/aromatic N) is 1. The average Bonchev–Trinajstić information content (AvgIpc) is 2.88. The van der Waals surface area contributed by atoms with Crippen LogP contribution in [0.15, 0.2) is 29.8 Å². The van der Waals surface area contributed by atoms with E-state index in [4.69, 9.17) is 24.1 Å². The summed E-state index contributed by atoms with van der Waals surface area (Å²) in [5.41, 5.74) is 1.35. The van der Waals surface area contributed by atoms with Gasteiger partial charge in [-0.2, -0.15) is 0 Å². The topological polar surface area (TPSA) is 94.5 Å². The smallest absolute Gasteiger partial charge is 0.410 e. The molecule has 1 aromatic carbocycles. The lowest BCUT2D eigenvalue weighted by molar-refractivity contribution is -0.180. The second kappa shape index (κ2) is 12.6. The van der Waals surface area contributed by atoms with E-state index in [1.54, 1.807) is 0 Å². The maximum Gasteiger partial charge on any atom is 0.410 e. The fourth-order valence-electron chi connectivity index (χ4n) is 6.43. The highest BCUT2D eigenvalue weighted by atomic mass is 16.6. The number of carbonyl (C=O) groups excluding carboxylic acids is 1. The van der Waals surface area contributed by atoms with Gasteiger partial charge in [0.25, 0.3) is 0 Å². The molecule has 2 fully saturated rings. The van der Waals surface area contributed by atoms with Crippen molar-refractivity contribution in [3.8, 4) is 11.5 Å². The lowest BCUT2D eigenvalue weighted by Crippen LogP contribution is -2.56. The van der Waals surface area contributed by atoms with E-state index in [9.17, 15) is 9.59 Å². The third-order valence-corrected chi connectivity index (χ3v) is 8.73. The fraction of sp³-hybridized carbons (Fsp3) is 0.697. The molecule has 1 aromatic rings. The Bertz CT molecular complexity index is 1110. The molecule has 0 aliphatic carbocycles. The minimum atomic E-state index is -0.786. The molecule has 0 aromatic heterocycles. The number of fused-ring (bicyclic) bond motifs is 3. The molecule has 41 heavy (non-hydrogen) atoms. The van der Waals surface area contributed by atoms with E-state index in [-0.39, 0.29) is 30.0 Å². The number of allylic oxidation sites excluding steroid dienone is 2. The van der Waals surface area contributed by atoms with Crippen molar-refractivity contribution < 1.29 is 33.6 Å². The van der Waals surface area contributed by atoms with Crippen molar-refractivity contribution in [2.45, 2.75) is 110 Å². The zero-order chi connectivity index (χ0) is 29.8. The molecule has 3 aliphatic heterocycles. The number of hydrogen-bond donors (Lipinski definition) is 1. The number of carboxylic acid groups (broad SMARTS) is 1. The molecule has 3 heterocycles. The average molecular weight is 572 g/mol. The number of hydrogen-bond acceptors (Lipinski definition) is 6. The SMILES string of the molecule is CC(C)=CCC[C@]1(C)Oc2c(OCCCCC(=O)O)cccc2[C@H]2OCC3(CCN(C(=O)OC(C)(C)C)CC3)C[C@@H]21. The minimum Gasteiger partial charge on any atom is -0.490 e. The lowest BCUT2D eigenvalue weighted by Gasteiger charge is -2.55. The summed E-state index contributed by atoms with van der Waals surface area (Å²) in [5, 5.41) is 8.93. The Morgan fingerprint density at radius 3 is 2.56 bits per heavy atom. The van der Waals surface area contributed by atoms with Crippen molar-refractivity contribution in [1.29, 1.82) is 0 Å². The summed E-state index contributed by atoms with van der Waals surface area (Å²) in [7, 11) is 0. The van der Waals surface area contributed by atoms with Crippen LogP contribution >= 0.6 is 0 Å². The molecular formula is C33H49NO7. The van der Waals surface area contributed by atoms with E-state index < -0.39 is 17.2 Å². The number of amides is 1. The van der Waals surface area contributed by atoms with Gasteiger partial charge in [0.15, 0.2) is 11.5 Å². The van der Waals surface area contributed by atoms with Gasteiger partial charge in [-0.1, -0.05) is 23.8 Å². The van der Waals surface area contributed by atoms with E-state index in [0.717, 1.165) is 43.4 Å². The highest BCUT2D eigenvalue weighted by molar-refractivity contribution is 5.68. The number of unbranched alkanes of at least 4 members (excludes halogenated alkanes) is 1. The maximum atomic E-state index is 12.7. The third kappa shape index (κ3) is 7.76. The minimum absolute atomic E-state index is 0.00341. The number of carboxylic acids is 1. The maximum absolute atomic E-state index is 12.7.